The van der Waals surface area contributed by atoms with Crippen LogP contribution in [0.4, 0.5) is 0 Å². The predicted octanol–water partition coefficient (Wildman–Crippen LogP) is 4.94. The molecule has 0 aromatic heterocycles. The molecule has 0 radical (unpaired) electrons. The average Bonchev–Trinajstić information content (AvgIpc) is 3.59. The molecule has 8 nitrogen and oxygen atoms in total. The summed E-state index contributed by atoms with van der Waals surface area (Å²) in [5.74, 6) is 2.81. The summed E-state index contributed by atoms with van der Waals surface area (Å²) in [6, 6.07) is 12.8. The minimum Gasteiger partial charge on any atom is -0.497 e. The number of piperidine rings is 1. The molecule has 2 N–H and O–H groups in total. The zero-order valence-electron chi connectivity index (χ0n) is 22.8. The van der Waals surface area contributed by atoms with Gasteiger partial charge in [-0.3, -0.25) is 14.5 Å². The molecule has 1 amide bonds. The maximum absolute atomic E-state index is 13.0. The maximum Gasteiger partial charge on any atom is 0.220 e. The Morgan fingerprint density at radius 1 is 1.02 bits per heavy atom. The minimum absolute atomic E-state index is 0. The zero-order valence-corrected chi connectivity index (χ0v) is 22.8. The molecule has 1 saturated heterocycles. The molecule has 2 fully saturated rings. The first-order valence-electron chi connectivity index (χ1n) is 14.3. The van der Waals surface area contributed by atoms with Gasteiger partial charge in [-0.15, -0.1) is 0 Å². The lowest BCUT2D eigenvalue weighted by molar-refractivity contribution is -0.123. The van der Waals surface area contributed by atoms with Gasteiger partial charge >= 0.3 is 0 Å². The number of nitrogens with zero attached hydrogens (tertiary/aromatic N) is 1. The number of aliphatic hydroxyl groups excluding tert-OH is 1. The smallest absolute Gasteiger partial charge is 0.220 e. The molecule has 2 aromatic carbocycles. The third kappa shape index (κ3) is 7.34. The third-order valence-electron chi connectivity index (χ3n) is 8.31. The summed E-state index contributed by atoms with van der Waals surface area (Å²) in [6.45, 7) is 2.65. The molecule has 40 heavy (non-hydrogen) atoms. The van der Waals surface area contributed by atoms with E-state index in [1.54, 1.807) is 31.4 Å². The summed E-state index contributed by atoms with van der Waals surface area (Å²) in [7, 11) is 1.60. The number of amides is 1. The topological polar surface area (TPSA) is 97.3 Å². The molecule has 5 rings (SSSR count). The molecule has 3 aliphatic rings. The van der Waals surface area contributed by atoms with Crippen LogP contribution in [0.1, 0.15) is 80.8 Å². The van der Waals surface area contributed by atoms with E-state index in [1.807, 2.05) is 18.2 Å². The molecular weight excluding hydrogens is 508 g/mol. The Kier molecular flexibility index (Phi) is 10.5. The first-order valence-corrected chi connectivity index (χ1v) is 14.3. The summed E-state index contributed by atoms with van der Waals surface area (Å²) in [4.78, 5) is 27.8. The van der Waals surface area contributed by atoms with E-state index in [0.717, 1.165) is 31.1 Å². The number of nitrogens with one attached hydrogen (secondary N) is 1. The van der Waals surface area contributed by atoms with Gasteiger partial charge in [0, 0.05) is 37.5 Å². The van der Waals surface area contributed by atoms with Gasteiger partial charge in [0.2, 0.25) is 5.91 Å². The van der Waals surface area contributed by atoms with Crippen molar-refractivity contribution in [1.29, 1.82) is 0 Å². The molecule has 0 spiro atoms. The van der Waals surface area contributed by atoms with Gasteiger partial charge in [0.05, 0.1) is 13.2 Å². The van der Waals surface area contributed by atoms with E-state index in [2.05, 4.69) is 10.2 Å². The fourth-order valence-electron chi connectivity index (χ4n) is 6.15. The second-order valence-corrected chi connectivity index (χ2v) is 11.0. The van der Waals surface area contributed by atoms with Gasteiger partial charge in [0.25, 0.3) is 0 Å². The van der Waals surface area contributed by atoms with Crippen molar-refractivity contribution < 1.29 is 28.9 Å². The van der Waals surface area contributed by atoms with Gasteiger partial charge in [-0.05, 0) is 80.0 Å². The Morgan fingerprint density at radius 3 is 2.48 bits per heavy atom. The molecule has 1 saturated carbocycles. The summed E-state index contributed by atoms with van der Waals surface area (Å²) < 4.78 is 16.5. The van der Waals surface area contributed by atoms with Crippen molar-refractivity contribution >= 4 is 11.7 Å². The van der Waals surface area contributed by atoms with Crippen molar-refractivity contribution in [2.75, 3.05) is 33.4 Å². The van der Waals surface area contributed by atoms with Crippen molar-refractivity contribution in [2.45, 2.75) is 77.0 Å². The SMILES string of the molecule is C.COc1ccc(C(=O)CCCCCC(=O)N[C@H](CN2C[C@@H]3CC[C@H]2C3)[C@H](O)c2ccc3c(c2)OCCO3)cc1. The standard InChI is InChI=1S/C31H40N2O6.CH4/c1-37-25-12-8-22(9-13-25)27(34)5-3-2-4-6-30(35)32-26(20-33-19-21-7-11-24(33)17-21)31(36)23-10-14-28-29(18-23)39-16-15-38-28;/h8-10,12-14,18,21,24,26,31,36H,2-7,11,15-17,19-20H2,1H3,(H,32,35);1H4/t21-,24+,26-,31-;/m1./s1. The number of carbonyl (C=O) groups is 2. The molecule has 8 heteroatoms. The highest BCUT2D eigenvalue weighted by Crippen LogP contribution is 2.38. The maximum atomic E-state index is 13.0. The van der Waals surface area contributed by atoms with E-state index in [-0.39, 0.29) is 19.1 Å². The van der Waals surface area contributed by atoms with Gasteiger partial charge in [0.15, 0.2) is 17.3 Å². The fraction of sp³-hybridized carbons (Fsp3) is 0.562. The average molecular weight is 553 g/mol. The summed E-state index contributed by atoms with van der Waals surface area (Å²) in [6.07, 6.45) is 5.89. The molecule has 2 bridgehead atoms. The van der Waals surface area contributed by atoms with E-state index < -0.39 is 12.1 Å². The van der Waals surface area contributed by atoms with Gasteiger partial charge in [0.1, 0.15) is 25.1 Å². The summed E-state index contributed by atoms with van der Waals surface area (Å²) in [5, 5.41) is 14.5. The van der Waals surface area contributed by atoms with E-state index in [0.29, 0.717) is 67.7 Å². The number of methoxy groups -OCH3 is 1. The zero-order chi connectivity index (χ0) is 27.2. The number of likely N-dealkylation sites (tertiary alicyclic amines) is 1. The van der Waals surface area contributed by atoms with Crippen LogP contribution in [0.15, 0.2) is 42.5 Å². The Labute approximate surface area is 238 Å². The van der Waals surface area contributed by atoms with Crippen LogP contribution in [0.2, 0.25) is 0 Å². The first kappa shape index (κ1) is 29.9. The summed E-state index contributed by atoms with van der Waals surface area (Å²) >= 11 is 0. The lowest BCUT2D eigenvalue weighted by Gasteiger charge is -2.33. The van der Waals surface area contributed by atoms with Crippen LogP contribution in [0.5, 0.6) is 17.2 Å². The van der Waals surface area contributed by atoms with Crippen LogP contribution >= 0.6 is 0 Å². The molecule has 4 atom stereocenters. The monoisotopic (exact) mass is 552 g/mol. The highest BCUT2D eigenvalue weighted by atomic mass is 16.6. The molecule has 2 heterocycles. The van der Waals surface area contributed by atoms with Crippen LogP contribution in [0, 0.1) is 5.92 Å². The molecule has 218 valence electrons. The van der Waals surface area contributed by atoms with Gasteiger partial charge in [-0.2, -0.15) is 0 Å². The highest BCUT2D eigenvalue weighted by Gasteiger charge is 2.39. The molecule has 1 aliphatic carbocycles. The number of unbranched alkanes of at least 4 members (excludes halogenated alkanes) is 2. The predicted molar refractivity (Wildman–Crippen MR) is 154 cm³/mol. The van der Waals surface area contributed by atoms with Crippen molar-refractivity contribution in [3.05, 3.63) is 53.6 Å². The largest absolute Gasteiger partial charge is 0.497 e. The number of hydrogen-bond acceptors (Lipinski definition) is 7. The summed E-state index contributed by atoms with van der Waals surface area (Å²) in [5.41, 5.74) is 1.39. The number of hydrogen-bond donors (Lipinski definition) is 2. The van der Waals surface area contributed by atoms with E-state index in [9.17, 15) is 14.7 Å². The van der Waals surface area contributed by atoms with Crippen LogP contribution in [0.3, 0.4) is 0 Å². The van der Waals surface area contributed by atoms with Crippen molar-refractivity contribution in [1.82, 2.24) is 10.2 Å². The van der Waals surface area contributed by atoms with E-state index >= 15 is 0 Å². The number of carbonyl (C=O) groups excluding carboxylic acids is 2. The van der Waals surface area contributed by atoms with Gasteiger partial charge in [-0.25, -0.2) is 0 Å². The Morgan fingerprint density at radius 2 is 1.77 bits per heavy atom. The van der Waals surface area contributed by atoms with E-state index in [1.165, 1.54) is 19.3 Å². The minimum atomic E-state index is -0.856. The van der Waals surface area contributed by atoms with Crippen molar-refractivity contribution in [3.8, 4) is 17.2 Å². The van der Waals surface area contributed by atoms with Crippen LogP contribution in [0.25, 0.3) is 0 Å². The van der Waals surface area contributed by atoms with Crippen LogP contribution in [-0.2, 0) is 4.79 Å². The van der Waals surface area contributed by atoms with Crippen LogP contribution < -0.4 is 19.5 Å². The molecule has 2 aliphatic heterocycles. The number of ether oxygens (including phenoxy) is 3. The highest BCUT2D eigenvalue weighted by molar-refractivity contribution is 5.96. The fourth-order valence-corrected chi connectivity index (χ4v) is 6.15. The van der Waals surface area contributed by atoms with Crippen molar-refractivity contribution in [2.24, 2.45) is 5.92 Å². The van der Waals surface area contributed by atoms with Gasteiger partial charge in [-0.1, -0.05) is 19.9 Å². The quantitative estimate of drug-likeness (QED) is 0.268. The Balaban J connectivity index is 0.00000370. The third-order valence-corrected chi connectivity index (χ3v) is 8.31. The first-order chi connectivity index (χ1) is 19.0. The number of fused-ring (bicyclic) bond motifs is 3. The van der Waals surface area contributed by atoms with Crippen LogP contribution in [-0.4, -0.2) is 67.2 Å². The lowest BCUT2D eigenvalue weighted by atomic mass is 9.99. The Bertz CT molecular complexity index is 1140. The number of rotatable bonds is 13. The molecule has 2 aromatic rings. The number of ketones is 1. The van der Waals surface area contributed by atoms with E-state index in [4.69, 9.17) is 14.2 Å². The van der Waals surface area contributed by atoms with Gasteiger partial charge < -0.3 is 24.6 Å². The number of aliphatic hydroxyl groups is 1. The number of benzene rings is 2. The second kappa shape index (κ2) is 14.0. The number of Topliss-reactive ketones (excluding diaryl/α,β-unsaturated/α-hetero) is 1. The van der Waals surface area contributed by atoms with Crippen molar-refractivity contribution in [3.63, 3.8) is 0 Å². The second-order valence-electron chi connectivity index (χ2n) is 11.0. The molecule has 0 unspecified atom stereocenters. The Hall–Kier alpha value is -3.10. The molecular formula is C32H44N2O6. The normalized spacial score (nSPS) is 20.9. The lowest BCUT2D eigenvalue weighted by Crippen LogP contribution is -2.49.